The fourth-order valence-electron chi connectivity index (χ4n) is 2.22. The number of rotatable bonds is 2. The van der Waals surface area contributed by atoms with Gasteiger partial charge in [-0.1, -0.05) is 19.3 Å². The number of aromatic amines is 2. The molecular weight excluding hydrogens is 220 g/mol. The van der Waals surface area contributed by atoms with E-state index in [-0.39, 0.29) is 0 Å². The first-order valence-electron chi connectivity index (χ1n) is 5.83. The zero-order valence-electron chi connectivity index (χ0n) is 9.62. The Morgan fingerprint density at radius 2 is 2.12 bits per heavy atom. The summed E-state index contributed by atoms with van der Waals surface area (Å²) in [4.78, 5) is 32.6. The van der Waals surface area contributed by atoms with Crippen LogP contribution in [0.4, 0.5) is 0 Å². The van der Waals surface area contributed by atoms with Gasteiger partial charge in [-0.3, -0.25) is 14.3 Å². The summed E-state index contributed by atoms with van der Waals surface area (Å²) in [5.41, 5.74) is 0.00847. The van der Waals surface area contributed by atoms with E-state index in [9.17, 15) is 9.59 Å². The molecule has 1 aliphatic carbocycles. The van der Waals surface area contributed by atoms with Gasteiger partial charge in [0.2, 0.25) is 0 Å². The molecule has 2 aromatic rings. The summed E-state index contributed by atoms with van der Waals surface area (Å²) >= 11 is 0. The Labute approximate surface area is 96.7 Å². The molecule has 2 aromatic heterocycles. The highest BCUT2D eigenvalue weighted by molar-refractivity contribution is 5.69. The molecule has 6 heteroatoms. The fourth-order valence-corrected chi connectivity index (χ4v) is 2.22. The molecule has 0 atom stereocenters. The molecule has 1 saturated carbocycles. The van der Waals surface area contributed by atoms with Gasteiger partial charge in [0.05, 0.1) is 0 Å². The van der Waals surface area contributed by atoms with Gasteiger partial charge >= 0.3 is 5.69 Å². The van der Waals surface area contributed by atoms with Crippen LogP contribution in [0.1, 0.15) is 25.1 Å². The molecular formula is C11H14N4O2. The van der Waals surface area contributed by atoms with E-state index >= 15 is 0 Å². The van der Waals surface area contributed by atoms with E-state index in [0.717, 1.165) is 12.2 Å². The maximum atomic E-state index is 11.6. The minimum atomic E-state index is -0.427. The predicted molar refractivity (Wildman–Crippen MR) is 63.0 cm³/mol. The van der Waals surface area contributed by atoms with Crippen molar-refractivity contribution in [1.82, 2.24) is 19.5 Å². The van der Waals surface area contributed by atoms with Crippen molar-refractivity contribution in [1.29, 1.82) is 0 Å². The summed E-state index contributed by atoms with van der Waals surface area (Å²) in [5.74, 6) is 1.48. The lowest BCUT2D eigenvalue weighted by atomic mass is 9.83. The zero-order chi connectivity index (χ0) is 12.0. The van der Waals surface area contributed by atoms with Crippen molar-refractivity contribution in [3.63, 3.8) is 0 Å². The first-order valence-corrected chi connectivity index (χ1v) is 5.83. The van der Waals surface area contributed by atoms with Gasteiger partial charge in [-0.15, -0.1) is 0 Å². The van der Waals surface area contributed by atoms with E-state index in [4.69, 9.17) is 0 Å². The molecule has 17 heavy (non-hydrogen) atoms. The normalized spacial score (nSPS) is 16.3. The lowest BCUT2D eigenvalue weighted by Crippen LogP contribution is -2.28. The SMILES string of the molecule is Cn1c(=O)[nH]c(=O)c2[nH]c(CC3CCC3)nc21. The smallest absolute Gasteiger partial charge is 0.329 e. The molecule has 0 spiro atoms. The average Bonchev–Trinajstić information content (AvgIpc) is 2.65. The second-order valence-electron chi connectivity index (χ2n) is 4.70. The van der Waals surface area contributed by atoms with Crippen LogP contribution < -0.4 is 11.2 Å². The molecule has 0 radical (unpaired) electrons. The minimum Gasteiger partial charge on any atom is -0.336 e. The molecule has 0 unspecified atom stereocenters. The van der Waals surface area contributed by atoms with E-state index in [1.54, 1.807) is 7.05 Å². The lowest BCUT2D eigenvalue weighted by molar-refractivity contribution is 0.310. The van der Waals surface area contributed by atoms with Crippen molar-refractivity contribution in [2.24, 2.45) is 13.0 Å². The highest BCUT2D eigenvalue weighted by Crippen LogP contribution is 2.29. The predicted octanol–water partition coefficient (Wildman–Crippen LogP) is 0.292. The number of nitrogens with zero attached hydrogens (tertiary/aromatic N) is 2. The van der Waals surface area contributed by atoms with Gasteiger partial charge in [0, 0.05) is 13.5 Å². The molecule has 0 amide bonds. The fraction of sp³-hybridized carbons (Fsp3) is 0.545. The quantitative estimate of drug-likeness (QED) is 0.783. The second-order valence-corrected chi connectivity index (χ2v) is 4.70. The highest BCUT2D eigenvalue weighted by atomic mass is 16.2. The standard InChI is InChI=1S/C11H14N4O2/c1-15-9-8(10(16)14-11(15)17)12-7(13-9)5-6-3-2-4-6/h6H,2-5H2,1H3,(H,12,13)(H,14,16,17). The van der Waals surface area contributed by atoms with Crippen molar-refractivity contribution >= 4 is 11.2 Å². The summed E-state index contributed by atoms with van der Waals surface area (Å²) in [6, 6.07) is 0. The van der Waals surface area contributed by atoms with Crippen LogP contribution in [-0.4, -0.2) is 19.5 Å². The largest absolute Gasteiger partial charge is 0.336 e. The Morgan fingerprint density at radius 1 is 1.35 bits per heavy atom. The van der Waals surface area contributed by atoms with Gasteiger partial charge in [0.15, 0.2) is 5.65 Å². The summed E-state index contributed by atoms with van der Waals surface area (Å²) in [7, 11) is 1.61. The van der Waals surface area contributed by atoms with Crippen molar-refractivity contribution in [3.05, 3.63) is 26.7 Å². The number of nitrogens with one attached hydrogen (secondary N) is 2. The van der Waals surface area contributed by atoms with Gasteiger partial charge in [-0.05, 0) is 5.92 Å². The van der Waals surface area contributed by atoms with Gasteiger partial charge in [0.25, 0.3) is 5.56 Å². The van der Waals surface area contributed by atoms with Crippen LogP contribution in [-0.2, 0) is 13.5 Å². The van der Waals surface area contributed by atoms with Crippen LogP contribution in [0.15, 0.2) is 9.59 Å². The summed E-state index contributed by atoms with van der Waals surface area (Å²) < 4.78 is 1.36. The lowest BCUT2D eigenvalue weighted by Gasteiger charge is -2.23. The number of hydrogen-bond donors (Lipinski definition) is 2. The third-order valence-corrected chi connectivity index (χ3v) is 3.51. The molecule has 6 nitrogen and oxygen atoms in total. The Bertz CT molecular complexity index is 675. The Kier molecular flexibility index (Phi) is 2.17. The molecule has 0 saturated heterocycles. The summed E-state index contributed by atoms with van der Waals surface area (Å²) in [6.07, 6.45) is 4.60. The van der Waals surface area contributed by atoms with Gasteiger partial charge in [-0.25, -0.2) is 9.78 Å². The van der Waals surface area contributed by atoms with Gasteiger partial charge < -0.3 is 4.98 Å². The zero-order valence-corrected chi connectivity index (χ0v) is 9.62. The second kappa shape index (κ2) is 3.58. The maximum absolute atomic E-state index is 11.6. The number of aryl methyl sites for hydroxylation is 1. The van der Waals surface area contributed by atoms with E-state index in [1.165, 1.54) is 23.8 Å². The van der Waals surface area contributed by atoms with E-state index in [2.05, 4.69) is 15.0 Å². The molecule has 1 aliphatic rings. The number of aromatic nitrogens is 4. The van der Waals surface area contributed by atoms with Crippen molar-refractivity contribution in [2.45, 2.75) is 25.7 Å². The Hall–Kier alpha value is -1.85. The maximum Gasteiger partial charge on any atom is 0.329 e. The van der Waals surface area contributed by atoms with Gasteiger partial charge in [-0.2, -0.15) is 0 Å². The van der Waals surface area contributed by atoms with Crippen LogP contribution >= 0.6 is 0 Å². The molecule has 90 valence electrons. The molecule has 2 heterocycles. The number of imidazole rings is 1. The summed E-state index contributed by atoms with van der Waals surface area (Å²) in [6.45, 7) is 0. The average molecular weight is 234 g/mol. The van der Waals surface area contributed by atoms with Crippen LogP contribution in [0.5, 0.6) is 0 Å². The van der Waals surface area contributed by atoms with Crippen molar-refractivity contribution < 1.29 is 0 Å². The number of hydrogen-bond acceptors (Lipinski definition) is 3. The third kappa shape index (κ3) is 1.60. The number of fused-ring (bicyclic) bond motifs is 1. The third-order valence-electron chi connectivity index (χ3n) is 3.51. The monoisotopic (exact) mass is 234 g/mol. The van der Waals surface area contributed by atoms with Crippen molar-refractivity contribution in [3.8, 4) is 0 Å². The molecule has 1 fully saturated rings. The minimum absolute atomic E-state index is 0.390. The molecule has 2 N–H and O–H groups in total. The van der Waals surface area contributed by atoms with Crippen molar-refractivity contribution in [2.75, 3.05) is 0 Å². The molecule has 0 bridgehead atoms. The van der Waals surface area contributed by atoms with Crippen LogP contribution in [0.25, 0.3) is 11.2 Å². The van der Waals surface area contributed by atoms with Crippen LogP contribution in [0.3, 0.4) is 0 Å². The molecule has 3 rings (SSSR count). The van der Waals surface area contributed by atoms with Gasteiger partial charge in [0.1, 0.15) is 11.3 Å². The molecule has 0 aromatic carbocycles. The first-order chi connectivity index (χ1) is 8.15. The van der Waals surface area contributed by atoms with E-state index < -0.39 is 11.2 Å². The van der Waals surface area contributed by atoms with Crippen LogP contribution in [0.2, 0.25) is 0 Å². The Morgan fingerprint density at radius 3 is 2.76 bits per heavy atom. The Balaban J connectivity index is 2.11. The summed E-state index contributed by atoms with van der Waals surface area (Å²) in [5, 5.41) is 0. The first kappa shape index (κ1) is 10.3. The number of H-pyrrole nitrogens is 2. The van der Waals surface area contributed by atoms with Crippen LogP contribution in [0, 0.1) is 5.92 Å². The highest BCUT2D eigenvalue weighted by Gasteiger charge is 2.20. The van der Waals surface area contributed by atoms with E-state index in [1.807, 2.05) is 0 Å². The molecule has 0 aliphatic heterocycles. The topological polar surface area (TPSA) is 83.5 Å². The van der Waals surface area contributed by atoms with E-state index in [0.29, 0.717) is 17.1 Å².